The third-order valence-electron chi connectivity index (χ3n) is 6.49. The summed E-state index contributed by atoms with van der Waals surface area (Å²) >= 11 is 0. The van der Waals surface area contributed by atoms with Gasteiger partial charge in [0.05, 0.1) is 13.3 Å². The topological polar surface area (TPSA) is 72.8 Å². The molecule has 0 bridgehead atoms. The Bertz CT molecular complexity index is 1420. The van der Waals surface area contributed by atoms with Crippen molar-refractivity contribution in [3.8, 4) is 17.1 Å². The zero-order valence-corrected chi connectivity index (χ0v) is 18.2. The van der Waals surface area contributed by atoms with Gasteiger partial charge in [0.25, 0.3) is 0 Å². The van der Waals surface area contributed by atoms with Gasteiger partial charge in [0.15, 0.2) is 11.6 Å². The highest BCUT2D eigenvalue weighted by Crippen LogP contribution is 2.42. The van der Waals surface area contributed by atoms with Crippen LogP contribution in [0, 0.1) is 5.82 Å². The van der Waals surface area contributed by atoms with Crippen molar-refractivity contribution in [3.63, 3.8) is 0 Å². The smallest absolute Gasteiger partial charge is 0.164 e. The van der Waals surface area contributed by atoms with Crippen LogP contribution < -0.4 is 10.1 Å². The molecule has 2 aliphatic rings. The molecule has 0 saturated carbocycles. The van der Waals surface area contributed by atoms with Crippen LogP contribution in [0.15, 0.2) is 60.6 Å². The van der Waals surface area contributed by atoms with Gasteiger partial charge < -0.3 is 10.1 Å². The molecule has 1 N–H and O–H groups in total. The van der Waals surface area contributed by atoms with Gasteiger partial charge >= 0.3 is 0 Å². The fourth-order valence-corrected chi connectivity index (χ4v) is 4.94. The highest BCUT2D eigenvalue weighted by molar-refractivity contribution is 5.91. The Kier molecular flexibility index (Phi) is 4.75. The van der Waals surface area contributed by atoms with E-state index in [1.807, 2.05) is 0 Å². The van der Waals surface area contributed by atoms with Crippen LogP contribution in [0.25, 0.3) is 28.0 Å². The molecule has 2 aliphatic carbocycles. The van der Waals surface area contributed by atoms with Crippen LogP contribution in [0.3, 0.4) is 0 Å². The molecule has 0 saturated heterocycles. The minimum absolute atomic E-state index is 0.208. The number of rotatable bonds is 4. The van der Waals surface area contributed by atoms with Crippen LogP contribution >= 0.6 is 0 Å². The van der Waals surface area contributed by atoms with Gasteiger partial charge in [-0.3, -0.25) is 9.97 Å². The molecule has 4 aromatic rings. The molecule has 0 radical (unpaired) electrons. The second kappa shape index (κ2) is 7.92. The lowest BCUT2D eigenvalue weighted by Crippen LogP contribution is -2.24. The van der Waals surface area contributed by atoms with Crippen LogP contribution in [0.5, 0.6) is 5.75 Å². The van der Waals surface area contributed by atoms with Gasteiger partial charge in [-0.05, 0) is 48.4 Å². The summed E-state index contributed by atoms with van der Waals surface area (Å²) in [6.45, 7) is 0. The SMILES string of the molecule is COc1ccnc2c(N[C@@H]3CCC4=C(C3)c3ccccc3C4)nc(-c3cncc(F)c3)nc12. The van der Waals surface area contributed by atoms with Gasteiger partial charge in [-0.1, -0.05) is 29.8 Å². The van der Waals surface area contributed by atoms with Gasteiger partial charge in [-0.2, -0.15) is 0 Å². The summed E-state index contributed by atoms with van der Waals surface area (Å²) in [5.41, 5.74) is 7.51. The number of fused-ring (bicyclic) bond motifs is 3. The molecule has 33 heavy (non-hydrogen) atoms. The summed E-state index contributed by atoms with van der Waals surface area (Å²) in [6.07, 6.45) is 8.47. The highest BCUT2D eigenvalue weighted by Gasteiger charge is 2.28. The van der Waals surface area contributed by atoms with Crippen molar-refractivity contribution >= 4 is 22.4 Å². The van der Waals surface area contributed by atoms with E-state index in [2.05, 4.69) is 44.5 Å². The van der Waals surface area contributed by atoms with Crippen LogP contribution in [-0.2, 0) is 6.42 Å². The lowest BCUT2D eigenvalue weighted by molar-refractivity contribution is 0.418. The van der Waals surface area contributed by atoms with Crippen LogP contribution in [0.1, 0.15) is 30.4 Å². The molecule has 6 nitrogen and oxygen atoms in total. The summed E-state index contributed by atoms with van der Waals surface area (Å²) < 4.78 is 19.4. The van der Waals surface area contributed by atoms with E-state index in [-0.39, 0.29) is 6.04 Å². The largest absolute Gasteiger partial charge is 0.494 e. The van der Waals surface area contributed by atoms with Crippen molar-refractivity contribution in [2.45, 2.75) is 31.7 Å². The Hall–Kier alpha value is -3.87. The first-order valence-electron chi connectivity index (χ1n) is 11.1. The fraction of sp³-hybridized carbons (Fsp3) is 0.231. The quantitative estimate of drug-likeness (QED) is 0.471. The first-order chi connectivity index (χ1) is 16.2. The third-order valence-corrected chi connectivity index (χ3v) is 6.49. The van der Waals surface area contributed by atoms with E-state index in [0.717, 1.165) is 25.7 Å². The van der Waals surface area contributed by atoms with Crippen LogP contribution in [0.2, 0.25) is 0 Å². The predicted octanol–water partition coefficient (Wildman–Crippen LogP) is 5.21. The van der Waals surface area contributed by atoms with E-state index in [1.54, 1.807) is 31.1 Å². The first kappa shape index (κ1) is 19.8. The number of halogens is 1. The fourth-order valence-electron chi connectivity index (χ4n) is 4.94. The number of pyridine rings is 2. The van der Waals surface area contributed by atoms with Gasteiger partial charge in [0, 0.05) is 30.1 Å². The number of hydrogen-bond donors (Lipinski definition) is 1. The molecular formula is C26H22FN5O. The van der Waals surface area contributed by atoms with Crippen molar-refractivity contribution in [3.05, 3.63) is 77.5 Å². The summed E-state index contributed by atoms with van der Waals surface area (Å²) in [5, 5.41) is 3.63. The number of benzene rings is 1. The number of nitrogens with zero attached hydrogens (tertiary/aromatic N) is 4. The summed E-state index contributed by atoms with van der Waals surface area (Å²) in [5.74, 6) is 1.16. The standard InChI is InChI=1S/C26H22FN5O/c1-33-22-8-9-29-24-23(22)31-25(17-11-18(27)14-28-13-17)32-26(24)30-19-7-6-16-10-15-4-2-3-5-20(15)21(16)12-19/h2-5,8-9,11,13-14,19H,6-7,10,12H2,1H3,(H,30,31,32)/t19-/m1/s1. The summed E-state index contributed by atoms with van der Waals surface area (Å²) in [4.78, 5) is 17.9. The van der Waals surface area contributed by atoms with Crippen LogP contribution in [-0.4, -0.2) is 33.1 Å². The second-order valence-electron chi connectivity index (χ2n) is 8.50. The Balaban J connectivity index is 1.40. The molecule has 1 aromatic carbocycles. The normalized spacial score (nSPS) is 17.1. The Labute approximate surface area is 190 Å². The van der Waals surface area contributed by atoms with E-state index in [1.165, 1.54) is 29.0 Å². The number of allylic oxidation sites excluding steroid dienone is 1. The lowest BCUT2D eigenvalue weighted by Gasteiger charge is -2.26. The Morgan fingerprint density at radius 1 is 1.09 bits per heavy atom. The minimum Gasteiger partial charge on any atom is -0.494 e. The number of nitrogens with one attached hydrogen (secondary N) is 1. The van der Waals surface area contributed by atoms with Crippen molar-refractivity contribution in [2.75, 3.05) is 12.4 Å². The zero-order chi connectivity index (χ0) is 22.4. The highest BCUT2D eigenvalue weighted by atomic mass is 19.1. The maximum absolute atomic E-state index is 13.9. The molecule has 0 aliphatic heterocycles. The minimum atomic E-state index is -0.435. The third kappa shape index (κ3) is 3.50. The molecule has 6 rings (SSSR count). The van der Waals surface area contributed by atoms with Gasteiger partial charge in [-0.15, -0.1) is 0 Å². The predicted molar refractivity (Wildman–Crippen MR) is 125 cm³/mol. The number of anilines is 1. The molecule has 164 valence electrons. The van der Waals surface area contributed by atoms with Crippen molar-refractivity contribution < 1.29 is 9.13 Å². The monoisotopic (exact) mass is 439 g/mol. The maximum Gasteiger partial charge on any atom is 0.164 e. The molecular weight excluding hydrogens is 417 g/mol. The summed E-state index contributed by atoms with van der Waals surface area (Å²) in [7, 11) is 1.60. The molecule has 7 heteroatoms. The maximum atomic E-state index is 13.9. The van der Waals surface area contributed by atoms with Gasteiger partial charge in [-0.25, -0.2) is 14.4 Å². The van der Waals surface area contributed by atoms with Crippen LogP contribution in [0.4, 0.5) is 10.2 Å². The van der Waals surface area contributed by atoms with E-state index in [0.29, 0.717) is 34.0 Å². The van der Waals surface area contributed by atoms with E-state index < -0.39 is 5.82 Å². The molecule has 3 aromatic heterocycles. The first-order valence-corrected chi connectivity index (χ1v) is 11.1. The number of aromatic nitrogens is 4. The summed E-state index contributed by atoms with van der Waals surface area (Å²) in [6, 6.07) is 12.0. The second-order valence-corrected chi connectivity index (χ2v) is 8.50. The molecule has 1 atom stereocenters. The number of methoxy groups -OCH3 is 1. The average molecular weight is 439 g/mol. The molecule has 3 heterocycles. The average Bonchev–Trinajstić information content (AvgIpc) is 3.21. The molecule has 0 fully saturated rings. The molecule has 0 spiro atoms. The lowest BCUT2D eigenvalue weighted by atomic mass is 9.88. The Morgan fingerprint density at radius 2 is 2.00 bits per heavy atom. The number of ether oxygens (including phenoxy) is 1. The van der Waals surface area contributed by atoms with Crippen molar-refractivity contribution in [1.29, 1.82) is 0 Å². The van der Waals surface area contributed by atoms with Gasteiger partial charge in [0.1, 0.15) is 22.6 Å². The van der Waals surface area contributed by atoms with Crippen molar-refractivity contribution in [2.24, 2.45) is 0 Å². The van der Waals surface area contributed by atoms with E-state index in [9.17, 15) is 4.39 Å². The number of hydrogen-bond acceptors (Lipinski definition) is 6. The van der Waals surface area contributed by atoms with Crippen molar-refractivity contribution in [1.82, 2.24) is 19.9 Å². The van der Waals surface area contributed by atoms with E-state index in [4.69, 9.17) is 9.72 Å². The molecule has 0 amide bonds. The Morgan fingerprint density at radius 3 is 2.88 bits per heavy atom. The van der Waals surface area contributed by atoms with E-state index >= 15 is 0 Å². The zero-order valence-electron chi connectivity index (χ0n) is 18.2. The van der Waals surface area contributed by atoms with Gasteiger partial charge in [0.2, 0.25) is 0 Å². The molecule has 0 unspecified atom stereocenters.